The number of H-pyrrole nitrogens is 1. The Bertz CT molecular complexity index is 1220. The number of para-hydroxylation sites is 1. The highest BCUT2D eigenvalue weighted by Gasteiger charge is 2.18. The second kappa shape index (κ2) is 6.29. The smallest absolute Gasteiger partial charge is 0.293 e. The standard InChI is InChI=1S/C21H14N2O3/c24-21-16-8-4-5-9-17(16)22-20-18(23(25)26)13-12-15(19(20)21)11-10-14-6-2-1-3-7-14/h1-13H,(H,22,24). The van der Waals surface area contributed by atoms with Crippen molar-refractivity contribution in [3.8, 4) is 0 Å². The first-order chi connectivity index (χ1) is 12.6. The molecule has 0 radical (unpaired) electrons. The van der Waals surface area contributed by atoms with Gasteiger partial charge in [0.05, 0.1) is 10.3 Å². The van der Waals surface area contributed by atoms with Gasteiger partial charge in [0, 0.05) is 17.0 Å². The highest BCUT2D eigenvalue weighted by Crippen LogP contribution is 2.28. The molecule has 0 aliphatic carbocycles. The van der Waals surface area contributed by atoms with Crippen LogP contribution < -0.4 is 5.43 Å². The number of nitrogens with zero attached hydrogens (tertiary/aromatic N) is 1. The van der Waals surface area contributed by atoms with Crippen molar-refractivity contribution in [2.24, 2.45) is 0 Å². The van der Waals surface area contributed by atoms with Crippen LogP contribution in [0.2, 0.25) is 0 Å². The Morgan fingerprint density at radius 3 is 2.38 bits per heavy atom. The number of hydrogen-bond acceptors (Lipinski definition) is 3. The van der Waals surface area contributed by atoms with Crippen molar-refractivity contribution < 1.29 is 4.92 Å². The molecule has 1 heterocycles. The van der Waals surface area contributed by atoms with Gasteiger partial charge in [-0.2, -0.15) is 0 Å². The van der Waals surface area contributed by atoms with E-state index in [2.05, 4.69) is 4.98 Å². The summed E-state index contributed by atoms with van der Waals surface area (Å²) in [7, 11) is 0. The lowest BCUT2D eigenvalue weighted by molar-refractivity contribution is -0.383. The Morgan fingerprint density at radius 1 is 0.885 bits per heavy atom. The number of benzene rings is 3. The number of nitrogens with one attached hydrogen (secondary N) is 1. The van der Waals surface area contributed by atoms with Crippen molar-refractivity contribution in [3.05, 3.63) is 98.2 Å². The predicted molar refractivity (Wildman–Crippen MR) is 104 cm³/mol. The van der Waals surface area contributed by atoms with Crippen LogP contribution >= 0.6 is 0 Å². The maximum absolute atomic E-state index is 13.0. The number of fused-ring (bicyclic) bond motifs is 2. The fraction of sp³-hybridized carbons (Fsp3) is 0. The summed E-state index contributed by atoms with van der Waals surface area (Å²) in [6.45, 7) is 0. The number of nitro groups is 1. The summed E-state index contributed by atoms with van der Waals surface area (Å²) in [5.74, 6) is 0. The lowest BCUT2D eigenvalue weighted by Gasteiger charge is -2.06. The lowest BCUT2D eigenvalue weighted by atomic mass is 10.0. The van der Waals surface area contributed by atoms with Crippen LogP contribution in [0.5, 0.6) is 0 Å². The van der Waals surface area contributed by atoms with E-state index in [1.54, 1.807) is 30.3 Å². The first kappa shape index (κ1) is 15.8. The summed E-state index contributed by atoms with van der Waals surface area (Å²) in [6.07, 6.45) is 3.70. The van der Waals surface area contributed by atoms with E-state index in [1.165, 1.54) is 6.07 Å². The van der Waals surface area contributed by atoms with Crippen molar-refractivity contribution >= 4 is 39.6 Å². The van der Waals surface area contributed by atoms with E-state index in [0.29, 0.717) is 21.9 Å². The molecule has 0 amide bonds. The number of nitro benzene ring substituents is 1. The number of hydrogen-bond donors (Lipinski definition) is 1. The molecule has 0 unspecified atom stereocenters. The van der Waals surface area contributed by atoms with Crippen LogP contribution in [0.4, 0.5) is 5.69 Å². The third-order valence-corrected chi connectivity index (χ3v) is 4.33. The fourth-order valence-electron chi connectivity index (χ4n) is 3.08. The number of aromatic nitrogens is 1. The average molecular weight is 342 g/mol. The van der Waals surface area contributed by atoms with Crippen LogP contribution in [-0.4, -0.2) is 9.91 Å². The number of non-ortho nitro benzene ring substituents is 1. The molecule has 4 rings (SSSR count). The third-order valence-electron chi connectivity index (χ3n) is 4.33. The molecule has 0 aliphatic heterocycles. The molecule has 1 N–H and O–H groups in total. The second-order valence-corrected chi connectivity index (χ2v) is 5.92. The largest absolute Gasteiger partial charge is 0.349 e. The molecule has 0 aliphatic rings. The average Bonchev–Trinajstić information content (AvgIpc) is 2.67. The van der Waals surface area contributed by atoms with E-state index in [9.17, 15) is 14.9 Å². The van der Waals surface area contributed by atoms with E-state index in [-0.39, 0.29) is 16.6 Å². The molecule has 0 atom stereocenters. The zero-order valence-electron chi connectivity index (χ0n) is 13.7. The minimum Gasteiger partial charge on any atom is -0.349 e. The zero-order chi connectivity index (χ0) is 18.1. The van der Waals surface area contributed by atoms with E-state index in [0.717, 1.165) is 5.56 Å². The Balaban J connectivity index is 2.04. The van der Waals surface area contributed by atoms with Gasteiger partial charge in [-0.05, 0) is 29.3 Å². The van der Waals surface area contributed by atoms with Gasteiger partial charge in [0.15, 0.2) is 5.43 Å². The van der Waals surface area contributed by atoms with Crippen LogP contribution in [0.25, 0.3) is 34.0 Å². The van der Waals surface area contributed by atoms with Crippen LogP contribution in [-0.2, 0) is 0 Å². The van der Waals surface area contributed by atoms with Crippen LogP contribution in [0, 0.1) is 10.1 Å². The van der Waals surface area contributed by atoms with Crippen molar-refractivity contribution in [2.45, 2.75) is 0 Å². The van der Waals surface area contributed by atoms with Gasteiger partial charge in [0.25, 0.3) is 5.69 Å². The first-order valence-electron chi connectivity index (χ1n) is 8.10. The van der Waals surface area contributed by atoms with Crippen molar-refractivity contribution in [2.75, 3.05) is 0 Å². The third kappa shape index (κ3) is 2.65. The van der Waals surface area contributed by atoms with E-state index in [1.807, 2.05) is 42.5 Å². The summed E-state index contributed by atoms with van der Waals surface area (Å²) in [6, 6.07) is 19.7. The molecule has 26 heavy (non-hydrogen) atoms. The van der Waals surface area contributed by atoms with E-state index in [4.69, 9.17) is 0 Å². The molecular weight excluding hydrogens is 328 g/mol. The molecule has 0 fully saturated rings. The highest BCUT2D eigenvalue weighted by atomic mass is 16.6. The monoisotopic (exact) mass is 342 g/mol. The van der Waals surface area contributed by atoms with Crippen LogP contribution in [0.15, 0.2) is 71.5 Å². The fourth-order valence-corrected chi connectivity index (χ4v) is 3.08. The van der Waals surface area contributed by atoms with Gasteiger partial charge in [0.1, 0.15) is 5.52 Å². The van der Waals surface area contributed by atoms with Gasteiger partial charge in [0.2, 0.25) is 0 Å². The summed E-state index contributed by atoms with van der Waals surface area (Å²) in [5, 5.41) is 12.3. The molecule has 126 valence electrons. The van der Waals surface area contributed by atoms with Gasteiger partial charge >= 0.3 is 0 Å². The molecule has 5 heteroatoms. The Kier molecular flexibility index (Phi) is 3.82. The van der Waals surface area contributed by atoms with Gasteiger partial charge in [-0.15, -0.1) is 0 Å². The molecule has 4 aromatic rings. The molecule has 3 aromatic carbocycles. The summed E-state index contributed by atoms with van der Waals surface area (Å²) in [4.78, 5) is 27.0. The van der Waals surface area contributed by atoms with Gasteiger partial charge in [-0.25, -0.2) is 0 Å². The predicted octanol–water partition coefficient (Wildman–Crippen LogP) is 4.76. The molecule has 0 spiro atoms. The van der Waals surface area contributed by atoms with Crippen LogP contribution in [0.1, 0.15) is 11.1 Å². The first-order valence-corrected chi connectivity index (χ1v) is 8.10. The molecule has 5 nitrogen and oxygen atoms in total. The Morgan fingerprint density at radius 2 is 1.62 bits per heavy atom. The minimum atomic E-state index is -0.474. The quantitative estimate of drug-likeness (QED) is 0.252. The SMILES string of the molecule is O=c1c2ccccc2[nH]c2c([N+](=O)[O-])ccc(C=Cc3ccccc3)c12. The second-order valence-electron chi connectivity index (χ2n) is 5.92. The Labute approximate surface area is 148 Å². The van der Waals surface area contributed by atoms with E-state index < -0.39 is 4.92 Å². The summed E-state index contributed by atoms with van der Waals surface area (Å²) >= 11 is 0. The lowest BCUT2D eigenvalue weighted by Crippen LogP contribution is -2.07. The maximum atomic E-state index is 13.0. The molecule has 1 aromatic heterocycles. The summed E-state index contributed by atoms with van der Waals surface area (Å²) < 4.78 is 0. The maximum Gasteiger partial charge on any atom is 0.293 e. The van der Waals surface area contributed by atoms with Gasteiger partial charge < -0.3 is 4.98 Å². The molecule has 0 saturated heterocycles. The molecule has 0 saturated carbocycles. The zero-order valence-corrected chi connectivity index (χ0v) is 13.7. The van der Waals surface area contributed by atoms with Gasteiger partial charge in [-0.1, -0.05) is 54.6 Å². The van der Waals surface area contributed by atoms with Crippen molar-refractivity contribution in [3.63, 3.8) is 0 Å². The number of aromatic amines is 1. The molecule has 0 bridgehead atoms. The topological polar surface area (TPSA) is 76.0 Å². The van der Waals surface area contributed by atoms with E-state index >= 15 is 0 Å². The minimum absolute atomic E-state index is 0.111. The van der Waals surface area contributed by atoms with Crippen molar-refractivity contribution in [1.82, 2.24) is 4.98 Å². The van der Waals surface area contributed by atoms with Crippen LogP contribution in [0.3, 0.4) is 0 Å². The highest BCUT2D eigenvalue weighted by molar-refractivity contribution is 6.01. The summed E-state index contributed by atoms with van der Waals surface area (Å²) in [5.41, 5.74) is 2.12. The molecular formula is C21H14N2O3. The Hall–Kier alpha value is -3.73. The van der Waals surface area contributed by atoms with Crippen molar-refractivity contribution in [1.29, 1.82) is 0 Å². The van der Waals surface area contributed by atoms with Gasteiger partial charge in [-0.3, -0.25) is 14.9 Å². The normalized spacial score (nSPS) is 11.4. The number of rotatable bonds is 3. The number of pyridine rings is 1.